The van der Waals surface area contributed by atoms with E-state index >= 15 is 0 Å². The summed E-state index contributed by atoms with van der Waals surface area (Å²) in [7, 11) is 0. The maximum Gasteiger partial charge on any atom is 0.243 e. The maximum absolute atomic E-state index is 12.5. The van der Waals surface area contributed by atoms with Gasteiger partial charge in [0.2, 0.25) is 5.91 Å². The number of hydrogen-bond acceptors (Lipinski definition) is 2. The molecule has 0 saturated carbocycles. The number of carbonyl (C=O) groups excluding carboxylic acids is 1. The molecule has 2 unspecified atom stereocenters. The smallest absolute Gasteiger partial charge is 0.243 e. The Morgan fingerprint density at radius 1 is 1.42 bits per heavy atom. The highest BCUT2D eigenvalue weighted by molar-refractivity contribution is 5.98. The fourth-order valence-electron chi connectivity index (χ4n) is 2.81. The van der Waals surface area contributed by atoms with Crippen LogP contribution in [-0.4, -0.2) is 18.5 Å². The number of nitrogens with two attached hydrogens (primary N) is 1. The summed E-state index contributed by atoms with van der Waals surface area (Å²) in [5, 5.41) is 0. The van der Waals surface area contributed by atoms with Gasteiger partial charge in [-0.1, -0.05) is 39.0 Å². The summed E-state index contributed by atoms with van der Waals surface area (Å²) in [5.41, 5.74) is 8.36. The molecule has 1 heterocycles. The lowest BCUT2D eigenvalue weighted by Gasteiger charge is -2.35. The third-order valence-electron chi connectivity index (χ3n) is 3.65. The van der Waals surface area contributed by atoms with Gasteiger partial charge in [0.1, 0.15) is 0 Å². The molecule has 2 atom stereocenters. The highest BCUT2D eigenvalue weighted by Gasteiger charge is 2.29. The van der Waals surface area contributed by atoms with Crippen LogP contribution in [0.5, 0.6) is 0 Å². The van der Waals surface area contributed by atoms with Crippen molar-refractivity contribution < 1.29 is 4.79 Å². The van der Waals surface area contributed by atoms with Crippen LogP contribution in [-0.2, 0) is 11.2 Å². The number of anilines is 1. The number of para-hydroxylation sites is 1. The second-order valence-electron chi connectivity index (χ2n) is 6.12. The van der Waals surface area contributed by atoms with Gasteiger partial charge in [0.25, 0.3) is 0 Å². The molecule has 0 radical (unpaired) electrons. The van der Waals surface area contributed by atoms with Gasteiger partial charge >= 0.3 is 0 Å². The van der Waals surface area contributed by atoms with E-state index in [1.165, 1.54) is 5.56 Å². The Kier molecular flexibility index (Phi) is 4.25. The van der Waals surface area contributed by atoms with Crippen molar-refractivity contribution in [2.45, 2.75) is 39.7 Å². The molecule has 1 aliphatic heterocycles. The summed E-state index contributed by atoms with van der Waals surface area (Å²) >= 11 is 0. The van der Waals surface area contributed by atoms with Crippen LogP contribution < -0.4 is 10.6 Å². The zero-order valence-electron chi connectivity index (χ0n) is 12.1. The highest BCUT2D eigenvalue weighted by atomic mass is 16.2. The van der Waals surface area contributed by atoms with Crippen molar-refractivity contribution in [3.8, 4) is 0 Å². The molecular formula is C16H24N2O. The zero-order chi connectivity index (χ0) is 14.0. The van der Waals surface area contributed by atoms with Crippen LogP contribution in [0.4, 0.5) is 5.69 Å². The molecule has 1 aromatic rings. The first-order chi connectivity index (χ1) is 8.99. The maximum atomic E-state index is 12.5. The first-order valence-corrected chi connectivity index (χ1v) is 7.14. The summed E-state index contributed by atoms with van der Waals surface area (Å²) in [6, 6.07) is 7.77. The molecule has 1 aromatic carbocycles. The fraction of sp³-hybridized carbons (Fsp3) is 0.562. The van der Waals surface area contributed by atoms with Gasteiger partial charge in [-0.25, -0.2) is 0 Å². The van der Waals surface area contributed by atoms with Crippen LogP contribution in [0.25, 0.3) is 0 Å². The van der Waals surface area contributed by atoms with Gasteiger partial charge in [-0.05, 0) is 36.3 Å². The topological polar surface area (TPSA) is 46.3 Å². The van der Waals surface area contributed by atoms with Crippen molar-refractivity contribution in [3.63, 3.8) is 0 Å². The molecule has 0 spiro atoms. The average molecular weight is 260 g/mol. The molecule has 104 valence electrons. The highest BCUT2D eigenvalue weighted by Crippen LogP contribution is 2.30. The second-order valence-corrected chi connectivity index (χ2v) is 6.12. The van der Waals surface area contributed by atoms with Crippen LogP contribution in [0.3, 0.4) is 0 Å². The standard InChI is InChI=1S/C16H24N2O/c1-11(2)8-14(17)16(19)18-10-12(3)9-13-6-4-5-7-15(13)18/h4-7,11-12,14H,8-10,17H2,1-3H3. The third kappa shape index (κ3) is 3.16. The molecule has 0 aliphatic carbocycles. The molecule has 2 N–H and O–H groups in total. The van der Waals surface area contributed by atoms with Crippen LogP contribution in [0, 0.1) is 11.8 Å². The van der Waals surface area contributed by atoms with E-state index in [4.69, 9.17) is 5.73 Å². The van der Waals surface area contributed by atoms with E-state index in [0.29, 0.717) is 11.8 Å². The van der Waals surface area contributed by atoms with Gasteiger partial charge in [0.05, 0.1) is 6.04 Å². The second kappa shape index (κ2) is 5.74. The average Bonchev–Trinajstić information content (AvgIpc) is 2.36. The molecule has 0 saturated heterocycles. The van der Waals surface area contributed by atoms with E-state index < -0.39 is 6.04 Å². The van der Waals surface area contributed by atoms with Gasteiger partial charge < -0.3 is 10.6 Å². The Bertz CT molecular complexity index is 456. The molecule has 0 aromatic heterocycles. The minimum Gasteiger partial charge on any atom is -0.320 e. The minimum atomic E-state index is -0.390. The monoisotopic (exact) mass is 260 g/mol. The molecule has 19 heavy (non-hydrogen) atoms. The molecule has 1 aliphatic rings. The lowest BCUT2D eigenvalue weighted by Crippen LogP contribution is -2.48. The Balaban J connectivity index is 2.22. The van der Waals surface area contributed by atoms with Gasteiger partial charge in [-0.15, -0.1) is 0 Å². The van der Waals surface area contributed by atoms with Gasteiger partial charge in [0, 0.05) is 12.2 Å². The predicted molar refractivity (Wildman–Crippen MR) is 79.1 cm³/mol. The number of benzene rings is 1. The summed E-state index contributed by atoms with van der Waals surface area (Å²) in [5.74, 6) is 0.995. The van der Waals surface area contributed by atoms with Crippen LogP contribution in [0.1, 0.15) is 32.8 Å². The van der Waals surface area contributed by atoms with Crippen molar-refractivity contribution in [2.24, 2.45) is 17.6 Å². The van der Waals surface area contributed by atoms with Crippen LogP contribution in [0.15, 0.2) is 24.3 Å². The largest absolute Gasteiger partial charge is 0.320 e. The molecule has 2 rings (SSSR count). The third-order valence-corrected chi connectivity index (χ3v) is 3.65. The molecule has 1 amide bonds. The lowest BCUT2D eigenvalue weighted by molar-refractivity contribution is -0.120. The zero-order valence-corrected chi connectivity index (χ0v) is 12.1. The van der Waals surface area contributed by atoms with E-state index in [-0.39, 0.29) is 5.91 Å². The van der Waals surface area contributed by atoms with E-state index in [1.807, 2.05) is 23.1 Å². The summed E-state index contributed by atoms with van der Waals surface area (Å²) in [4.78, 5) is 14.4. The fourth-order valence-corrected chi connectivity index (χ4v) is 2.81. The quantitative estimate of drug-likeness (QED) is 0.908. The van der Waals surface area contributed by atoms with E-state index in [0.717, 1.165) is 25.1 Å². The van der Waals surface area contributed by atoms with Crippen LogP contribution in [0.2, 0.25) is 0 Å². The molecule has 3 nitrogen and oxygen atoms in total. The van der Waals surface area contributed by atoms with Crippen molar-refractivity contribution in [3.05, 3.63) is 29.8 Å². The van der Waals surface area contributed by atoms with Crippen molar-refractivity contribution in [1.82, 2.24) is 0 Å². The van der Waals surface area contributed by atoms with Crippen molar-refractivity contribution in [1.29, 1.82) is 0 Å². The first kappa shape index (κ1) is 14.1. The predicted octanol–water partition coefficient (Wildman–Crippen LogP) is 2.59. The van der Waals surface area contributed by atoms with Gasteiger partial charge in [-0.2, -0.15) is 0 Å². The normalized spacial score (nSPS) is 20.3. The number of carbonyl (C=O) groups is 1. The summed E-state index contributed by atoms with van der Waals surface area (Å²) in [6.07, 6.45) is 1.78. The number of fused-ring (bicyclic) bond motifs is 1. The number of hydrogen-bond donors (Lipinski definition) is 1. The summed E-state index contributed by atoms with van der Waals surface area (Å²) in [6.45, 7) is 7.16. The van der Waals surface area contributed by atoms with Crippen molar-refractivity contribution in [2.75, 3.05) is 11.4 Å². The molecule has 3 heteroatoms. The van der Waals surface area contributed by atoms with Crippen molar-refractivity contribution >= 4 is 11.6 Å². The Labute approximate surface area is 115 Å². The Morgan fingerprint density at radius 2 is 2.11 bits per heavy atom. The number of amides is 1. The SMILES string of the molecule is CC(C)CC(N)C(=O)N1CC(C)Cc2ccccc21. The van der Waals surface area contributed by atoms with Crippen LogP contribution >= 0.6 is 0 Å². The van der Waals surface area contributed by atoms with E-state index in [1.54, 1.807) is 0 Å². The lowest BCUT2D eigenvalue weighted by atomic mass is 9.93. The number of rotatable bonds is 3. The molecule has 0 fully saturated rings. The van der Waals surface area contributed by atoms with E-state index in [2.05, 4.69) is 26.8 Å². The first-order valence-electron chi connectivity index (χ1n) is 7.14. The van der Waals surface area contributed by atoms with Gasteiger partial charge in [0.15, 0.2) is 0 Å². The summed E-state index contributed by atoms with van der Waals surface area (Å²) < 4.78 is 0. The minimum absolute atomic E-state index is 0.0627. The van der Waals surface area contributed by atoms with E-state index in [9.17, 15) is 4.79 Å². The Morgan fingerprint density at radius 3 is 2.79 bits per heavy atom. The Hall–Kier alpha value is -1.35. The van der Waals surface area contributed by atoms with Gasteiger partial charge in [-0.3, -0.25) is 4.79 Å². The molecular weight excluding hydrogens is 236 g/mol. The number of nitrogens with zero attached hydrogens (tertiary/aromatic N) is 1. The molecule has 0 bridgehead atoms.